The normalized spacial score (nSPS) is 46.9. The highest BCUT2D eigenvalue weighted by Gasteiger charge is 2.36. The standard InChI is InChI=1S/C14H28N2/c1-10-7-8-13(15)14(9-10)16-11(2)5-4-6-12(16)3/h10-14H,4-9,15H2,1-3H3. The fraction of sp³-hybridized carbons (Fsp3) is 1.00. The summed E-state index contributed by atoms with van der Waals surface area (Å²) in [6.45, 7) is 7.17. The number of likely N-dealkylation sites (tertiary alicyclic amines) is 1. The SMILES string of the molecule is CC1CCC(N)C(N2C(C)CCCC2C)C1. The molecule has 5 unspecified atom stereocenters. The van der Waals surface area contributed by atoms with Crippen LogP contribution in [0.5, 0.6) is 0 Å². The molecule has 2 nitrogen and oxygen atoms in total. The van der Waals surface area contributed by atoms with E-state index in [4.69, 9.17) is 5.73 Å². The van der Waals surface area contributed by atoms with Crippen LogP contribution in [0.15, 0.2) is 0 Å². The Morgan fingerprint density at radius 1 is 0.938 bits per heavy atom. The molecular weight excluding hydrogens is 196 g/mol. The van der Waals surface area contributed by atoms with E-state index in [2.05, 4.69) is 25.7 Å². The van der Waals surface area contributed by atoms with Gasteiger partial charge in [0.1, 0.15) is 0 Å². The van der Waals surface area contributed by atoms with Gasteiger partial charge in [0.15, 0.2) is 0 Å². The largest absolute Gasteiger partial charge is 0.326 e. The number of nitrogens with zero attached hydrogens (tertiary/aromatic N) is 1. The van der Waals surface area contributed by atoms with Gasteiger partial charge in [-0.15, -0.1) is 0 Å². The van der Waals surface area contributed by atoms with Gasteiger partial charge in [-0.3, -0.25) is 4.90 Å². The van der Waals surface area contributed by atoms with Crippen LogP contribution in [0.3, 0.4) is 0 Å². The van der Waals surface area contributed by atoms with Crippen molar-refractivity contribution in [3.8, 4) is 0 Å². The van der Waals surface area contributed by atoms with Crippen LogP contribution in [0.25, 0.3) is 0 Å². The first-order chi connectivity index (χ1) is 7.59. The van der Waals surface area contributed by atoms with Gasteiger partial charge in [0.05, 0.1) is 0 Å². The quantitative estimate of drug-likeness (QED) is 0.742. The maximum absolute atomic E-state index is 6.35. The zero-order valence-electron chi connectivity index (χ0n) is 11.2. The fourth-order valence-corrected chi connectivity index (χ4v) is 3.81. The summed E-state index contributed by atoms with van der Waals surface area (Å²) in [6, 6.07) is 2.54. The zero-order chi connectivity index (χ0) is 11.7. The minimum absolute atomic E-state index is 0.416. The second kappa shape index (κ2) is 5.05. The van der Waals surface area contributed by atoms with Gasteiger partial charge < -0.3 is 5.73 Å². The van der Waals surface area contributed by atoms with Crippen molar-refractivity contribution in [3.63, 3.8) is 0 Å². The van der Waals surface area contributed by atoms with E-state index in [0.717, 1.165) is 18.0 Å². The van der Waals surface area contributed by atoms with E-state index in [-0.39, 0.29) is 0 Å². The summed E-state index contributed by atoms with van der Waals surface area (Å²) in [5.41, 5.74) is 6.35. The number of rotatable bonds is 1. The molecule has 5 atom stereocenters. The highest BCUT2D eigenvalue weighted by atomic mass is 15.2. The first-order valence-corrected chi connectivity index (χ1v) is 7.12. The Hall–Kier alpha value is -0.0800. The summed E-state index contributed by atoms with van der Waals surface area (Å²) >= 11 is 0. The molecule has 94 valence electrons. The first-order valence-electron chi connectivity index (χ1n) is 7.12. The Kier molecular flexibility index (Phi) is 3.91. The van der Waals surface area contributed by atoms with Crippen LogP contribution >= 0.6 is 0 Å². The Morgan fingerprint density at radius 2 is 1.56 bits per heavy atom. The van der Waals surface area contributed by atoms with Gasteiger partial charge in [-0.1, -0.05) is 13.3 Å². The molecule has 16 heavy (non-hydrogen) atoms. The lowest BCUT2D eigenvalue weighted by Gasteiger charge is -2.49. The predicted octanol–water partition coefficient (Wildman–Crippen LogP) is 2.77. The van der Waals surface area contributed by atoms with Gasteiger partial charge >= 0.3 is 0 Å². The molecule has 0 bridgehead atoms. The number of piperidine rings is 1. The molecule has 1 saturated carbocycles. The number of nitrogens with two attached hydrogens (primary N) is 1. The molecule has 0 aromatic rings. The van der Waals surface area contributed by atoms with Gasteiger partial charge in [0.2, 0.25) is 0 Å². The molecule has 0 aromatic heterocycles. The van der Waals surface area contributed by atoms with E-state index in [1.54, 1.807) is 0 Å². The molecule has 2 aliphatic rings. The zero-order valence-corrected chi connectivity index (χ0v) is 11.2. The second-order valence-electron chi connectivity index (χ2n) is 6.23. The molecule has 2 fully saturated rings. The van der Waals surface area contributed by atoms with Crippen LogP contribution in [-0.2, 0) is 0 Å². The lowest BCUT2D eigenvalue weighted by Crippen LogP contribution is -2.58. The summed E-state index contributed by atoms with van der Waals surface area (Å²) in [5, 5.41) is 0. The predicted molar refractivity (Wildman–Crippen MR) is 69.4 cm³/mol. The Morgan fingerprint density at radius 3 is 2.19 bits per heavy atom. The van der Waals surface area contributed by atoms with E-state index in [1.165, 1.54) is 38.5 Å². The third-order valence-electron chi connectivity index (χ3n) is 4.78. The van der Waals surface area contributed by atoms with E-state index >= 15 is 0 Å². The fourth-order valence-electron chi connectivity index (χ4n) is 3.81. The van der Waals surface area contributed by atoms with Crippen LogP contribution in [0.4, 0.5) is 0 Å². The van der Waals surface area contributed by atoms with Gasteiger partial charge in [-0.05, 0) is 51.9 Å². The summed E-state index contributed by atoms with van der Waals surface area (Å²) in [4.78, 5) is 2.74. The van der Waals surface area contributed by atoms with Gasteiger partial charge in [-0.25, -0.2) is 0 Å². The average molecular weight is 224 g/mol. The Labute approximate surface area is 101 Å². The van der Waals surface area contributed by atoms with E-state index < -0.39 is 0 Å². The summed E-state index contributed by atoms with van der Waals surface area (Å²) in [6.07, 6.45) is 7.99. The second-order valence-corrected chi connectivity index (χ2v) is 6.23. The van der Waals surface area contributed by atoms with Gasteiger partial charge in [0.25, 0.3) is 0 Å². The van der Waals surface area contributed by atoms with Crippen LogP contribution in [0.2, 0.25) is 0 Å². The van der Waals surface area contributed by atoms with Crippen molar-refractivity contribution < 1.29 is 0 Å². The maximum Gasteiger partial charge on any atom is 0.0255 e. The summed E-state index contributed by atoms with van der Waals surface area (Å²) in [5.74, 6) is 0.867. The minimum Gasteiger partial charge on any atom is -0.326 e. The van der Waals surface area contributed by atoms with Crippen molar-refractivity contribution in [2.24, 2.45) is 11.7 Å². The topological polar surface area (TPSA) is 29.3 Å². The molecule has 1 aliphatic carbocycles. The Bertz CT molecular complexity index is 219. The lowest BCUT2D eigenvalue weighted by atomic mass is 9.80. The molecule has 1 saturated heterocycles. The number of hydrogen-bond donors (Lipinski definition) is 1. The third kappa shape index (κ3) is 2.43. The molecule has 2 rings (SSSR count). The van der Waals surface area contributed by atoms with Crippen LogP contribution < -0.4 is 5.73 Å². The van der Waals surface area contributed by atoms with E-state index in [0.29, 0.717) is 12.1 Å². The average Bonchev–Trinajstić information content (AvgIpc) is 2.23. The molecule has 0 spiro atoms. The lowest BCUT2D eigenvalue weighted by molar-refractivity contribution is 0.0180. The molecule has 0 amide bonds. The van der Waals surface area contributed by atoms with Crippen LogP contribution in [0, 0.1) is 5.92 Å². The van der Waals surface area contributed by atoms with Crippen molar-refractivity contribution in [2.75, 3.05) is 0 Å². The van der Waals surface area contributed by atoms with E-state index in [9.17, 15) is 0 Å². The van der Waals surface area contributed by atoms with Crippen LogP contribution in [0.1, 0.15) is 59.3 Å². The number of hydrogen-bond acceptors (Lipinski definition) is 2. The summed E-state index contributed by atoms with van der Waals surface area (Å²) < 4.78 is 0. The van der Waals surface area contributed by atoms with Crippen molar-refractivity contribution in [3.05, 3.63) is 0 Å². The monoisotopic (exact) mass is 224 g/mol. The van der Waals surface area contributed by atoms with Crippen molar-refractivity contribution >= 4 is 0 Å². The minimum atomic E-state index is 0.416. The highest BCUT2D eigenvalue weighted by molar-refractivity contribution is 4.93. The maximum atomic E-state index is 6.35. The molecule has 2 N–H and O–H groups in total. The van der Waals surface area contributed by atoms with Crippen molar-refractivity contribution in [1.29, 1.82) is 0 Å². The summed E-state index contributed by atoms with van der Waals surface area (Å²) in [7, 11) is 0. The molecular formula is C14H28N2. The van der Waals surface area contributed by atoms with Crippen LogP contribution in [-0.4, -0.2) is 29.1 Å². The van der Waals surface area contributed by atoms with E-state index in [1.807, 2.05) is 0 Å². The van der Waals surface area contributed by atoms with Gasteiger partial charge in [-0.2, -0.15) is 0 Å². The smallest absolute Gasteiger partial charge is 0.0255 e. The Balaban J connectivity index is 2.07. The third-order valence-corrected chi connectivity index (χ3v) is 4.78. The van der Waals surface area contributed by atoms with Crippen molar-refractivity contribution in [2.45, 2.75) is 83.5 Å². The first kappa shape index (κ1) is 12.4. The molecule has 2 heteroatoms. The highest BCUT2D eigenvalue weighted by Crippen LogP contribution is 2.33. The van der Waals surface area contributed by atoms with Gasteiger partial charge in [0, 0.05) is 24.2 Å². The molecule has 0 radical (unpaired) electrons. The van der Waals surface area contributed by atoms with Crippen molar-refractivity contribution in [1.82, 2.24) is 4.90 Å². The molecule has 0 aromatic carbocycles. The molecule has 1 aliphatic heterocycles. The molecule has 1 heterocycles.